The van der Waals surface area contributed by atoms with E-state index in [-0.39, 0.29) is 24.2 Å². The Labute approximate surface area is 224 Å². The summed E-state index contributed by atoms with van der Waals surface area (Å²) in [5.41, 5.74) is 15.2. The monoisotopic (exact) mass is 515 g/mol. The molecule has 1 atom stereocenters. The third-order valence-electron chi connectivity index (χ3n) is 7.64. The lowest BCUT2D eigenvalue weighted by atomic mass is 9.87. The van der Waals surface area contributed by atoms with Gasteiger partial charge in [-0.1, -0.05) is 18.2 Å². The minimum absolute atomic E-state index is 0.00136. The van der Waals surface area contributed by atoms with E-state index in [4.69, 9.17) is 21.3 Å². The maximum atomic E-state index is 13.3. The number of aromatic nitrogens is 1. The first-order valence-corrected chi connectivity index (χ1v) is 13.0. The Kier molecular flexibility index (Phi) is 8.02. The molecule has 1 unspecified atom stereocenters. The average Bonchev–Trinajstić information content (AvgIpc) is 2.93. The van der Waals surface area contributed by atoms with Crippen LogP contribution in [0.25, 0.3) is 0 Å². The lowest BCUT2D eigenvalue weighted by Crippen LogP contribution is -2.36. The fraction of sp³-hybridized carbons (Fsp3) is 0.367. The number of fused-ring (bicyclic) bond motifs is 1. The van der Waals surface area contributed by atoms with Gasteiger partial charge in [0.05, 0.1) is 37.1 Å². The fourth-order valence-corrected chi connectivity index (χ4v) is 5.00. The maximum absolute atomic E-state index is 13.3. The van der Waals surface area contributed by atoms with Crippen LogP contribution in [0.5, 0.6) is 0 Å². The third kappa shape index (κ3) is 5.36. The van der Waals surface area contributed by atoms with Gasteiger partial charge in [-0.2, -0.15) is 0 Å². The number of carbonyl (C=O) groups is 2. The molecule has 38 heavy (non-hydrogen) atoms. The number of amides is 1. The number of benzene rings is 2. The highest BCUT2D eigenvalue weighted by Gasteiger charge is 2.27. The molecule has 8 nitrogen and oxygen atoms in total. The Hall–Kier alpha value is -3.91. The van der Waals surface area contributed by atoms with E-state index < -0.39 is 0 Å². The van der Waals surface area contributed by atoms with Crippen molar-refractivity contribution in [2.75, 3.05) is 30.9 Å². The first-order valence-electron chi connectivity index (χ1n) is 13.0. The van der Waals surface area contributed by atoms with Crippen LogP contribution in [0.1, 0.15) is 68.8 Å². The molecular formula is C30H37N5O3. The van der Waals surface area contributed by atoms with Crippen molar-refractivity contribution in [3.8, 4) is 0 Å². The molecule has 0 aliphatic carbocycles. The number of nitrogens with zero attached hydrogens (tertiary/aromatic N) is 3. The number of aryl methyl sites for hydroxylation is 2. The second kappa shape index (κ2) is 11.2. The molecule has 1 amide bonds. The van der Waals surface area contributed by atoms with Gasteiger partial charge in [0.2, 0.25) is 0 Å². The second-order valence-corrected chi connectivity index (χ2v) is 9.95. The predicted molar refractivity (Wildman–Crippen MR) is 150 cm³/mol. The first-order chi connectivity index (χ1) is 18.1. The molecule has 0 fully saturated rings. The third-order valence-corrected chi connectivity index (χ3v) is 7.64. The number of nitrogens with two attached hydrogens (primary N) is 2. The van der Waals surface area contributed by atoms with Crippen LogP contribution in [-0.2, 0) is 22.5 Å². The Morgan fingerprint density at radius 3 is 2.55 bits per heavy atom. The van der Waals surface area contributed by atoms with Crippen LogP contribution in [0, 0.1) is 20.8 Å². The standard InChI is InChI=1S/C30H37N5O3/c1-6-35(32)27-12-10-23(20(4)29(27)31)24(16-28(36)38-5)25-11-9-21-13-14-34(17-26(21)33-25)30(37)22-8-7-18(2)19(3)15-22/h7-12,15,24H,6,13-14,16-17,31-32H2,1-5H3. The van der Waals surface area contributed by atoms with E-state index in [2.05, 4.69) is 6.07 Å². The lowest BCUT2D eigenvalue weighted by Gasteiger charge is -2.30. The normalized spacial score (nSPS) is 13.6. The van der Waals surface area contributed by atoms with Crippen LogP contribution in [0.2, 0.25) is 0 Å². The molecule has 200 valence electrons. The molecule has 1 aliphatic rings. The largest absolute Gasteiger partial charge is 0.469 e. The number of nitrogen functional groups attached to an aromatic ring is 1. The van der Waals surface area contributed by atoms with Gasteiger partial charge in [-0.05, 0) is 86.2 Å². The second-order valence-electron chi connectivity index (χ2n) is 9.95. The number of methoxy groups -OCH3 is 1. The molecule has 0 saturated carbocycles. The first kappa shape index (κ1) is 27.1. The van der Waals surface area contributed by atoms with Crippen LogP contribution >= 0.6 is 0 Å². The summed E-state index contributed by atoms with van der Waals surface area (Å²) in [7, 11) is 1.38. The van der Waals surface area contributed by atoms with Crippen LogP contribution in [0.3, 0.4) is 0 Å². The van der Waals surface area contributed by atoms with Crippen molar-refractivity contribution in [1.29, 1.82) is 0 Å². The van der Waals surface area contributed by atoms with Crippen molar-refractivity contribution in [1.82, 2.24) is 9.88 Å². The summed E-state index contributed by atoms with van der Waals surface area (Å²) < 4.78 is 5.02. The van der Waals surface area contributed by atoms with Gasteiger partial charge < -0.3 is 20.4 Å². The zero-order valence-corrected chi connectivity index (χ0v) is 22.9. The molecule has 1 aliphatic heterocycles. The zero-order valence-electron chi connectivity index (χ0n) is 22.9. The van der Waals surface area contributed by atoms with Gasteiger partial charge in [0.25, 0.3) is 5.91 Å². The maximum Gasteiger partial charge on any atom is 0.306 e. The van der Waals surface area contributed by atoms with Crippen LogP contribution in [0.4, 0.5) is 11.4 Å². The van der Waals surface area contributed by atoms with E-state index in [1.165, 1.54) is 7.11 Å². The van der Waals surface area contributed by atoms with Gasteiger partial charge in [-0.15, -0.1) is 0 Å². The Morgan fingerprint density at radius 1 is 1.11 bits per heavy atom. The Bertz CT molecular complexity index is 1370. The van der Waals surface area contributed by atoms with Crippen molar-refractivity contribution in [3.05, 3.63) is 87.2 Å². The van der Waals surface area contributed by atoms with Gasteiger partial charge in [-0.3, -0.25) is 14.6 Å². The number of hydrogen-bond acceptors (Lipinski definition) is 7. The minimum atomic E-state index is -0.359. The van der Waals surface area contributed by atoms with Crippen LogP contribution in [0.15, 0.2) is 42.5 Å². The summed E-state index contributed by atoms with van der Waals surface area (Å²) in [6, 6.07) is 13.7. The zero-order chi connectivity index (χ0) is 27.6. The minimum Gasteiger partial charge on any atom is -0.469 e. The van der Waals surface area contributed by atoms with Gasteiger partial charge >= 0.3 is 5.97 Å². The summed E-state index contributed by atoms with van der Waals surface area (Å²) in [5.74, 6) is 5.41. The summed E-state index contributed by atoms with van der Waals surface area (Å²) in [4.78, 5) is 32.6. The molecule has 8 heteroatoms. The predicted octanol–water partition coefficient (Wildman–Crippen LogP) is 4.18. The summed E-state index contributed by atoms with van der Waals surface area (Å²) in [6.07, 6.45) is 0.845. The molecule has 0 spiro atoms. The van der Waals surface area contributed by atoms with E-state index in [1.807, 2.05) is 69.0 Å². The number of carbonyl (C=O) groups excluding carboxylic acids is 2. The van der Waals surface area contributed by atoms with Gasteiger partial charge in [0.15, 0.2) is 0 Å². The Morgan fingerprint density at radius 2 is 1.87 bits per heavy atom. The summed E-state index contributed by atoms with van der Waals surface area (Å²) in [6.45, 7) is 9.60. The molecule has 4 N–H and O–H groups in total. The number of ether oxygens (including phenoxy) is 1. The van der Waals surface area contributed by atoms with Crippen molar-refractivity contribution in [2.45, 2.75) is 53.0 Å². The number of pyridine rings is 1. The number of anilines is 2. The molecule has 3 aromatic rings. The topological polar surface area (TPSA) is 115 Å². The van der Waals surface area contributed by atoms with E-state index in [9.17, 15) is 9.59 Å². The molecule has 0 saturated heterocycles. The number of rotatable bonds is 7. The quantitative estimate of drug-likeness (QED) is 0.210. The summed E-state index contributed by atoms with van der Waals surface area (Å²) >= 11 is 0. The van der Waals surface area contributed by atoms with Gasteiger partial charge in [-0.25, -0.2) is 5.84 Å². The average molecular weight is 516 g/mol. The van der Waals surface area contributed by atoms with E-state index >= 15 is 0 Å². The van der Waals surface area contributed by atoms with E-state index in [0.717, 1.165) is 51.3 Å². The van der Waals surface area contributed by atoms with Crippen molar-refractivity contribution >= 4 is 23.3 Å². The molecule has 4 rings (SSSR count). The van der Waals surface area contributed by atoms with E-state index in [1.54, 1.807) is 5.01 Å². The van der Waals surface area contributed by atoms with Crippen molar-refractivity contribution < 1.29 is 14.3 Å². The van der Waals surface area contributed by atoms with Crippen LogP contribution < -0.4 is 16.6 Å². The molecule has 0 radical (unpaired) electrons. The number of esters is 1. The van der Waals surface area contributed by atoms with Crippen LogP contribution in [-0.4, -0.2) is 42.0 Å². The highest BCUT2D eigenvalue weighted by molar-refractivity contribution is 5.94. The van der Waals surface area contributed by atoms with Gasteiger partial charge in [0, 0.05) is 30.3 Å². The lowest BCUT2D eigenvalue weighted by molar-refractivity contribution is -0.140. The SMILES string of the molecule is CCN(N)c1ccc(C(CC(=O)OC)c2ccc3c(n2)CN(C(=O)c2ccc(C)c(C)c2)CC3)c(C)c1N. The molecule has 1 aromatic heterocycles. The number of hydrazine groups is 1. The highest BCUT2D eigenvalue weighted by atomic mass is 16.5. The number of hydrogen-bond donors (Lipinski definition) is 2. The molecular weight excluding hydrogens is 478 g/mol. The van der Waals surface area contributed by atoms with Gasteiger partial charge in [0.1, 0.15) is 0 Å². The highest BCUT2D eigenvalue weighted by Crippen LogP contribution is 2.36. The van der Waals surface area contributed by atoms with Crippen molar-refractivity contribution in [2.24, 2.45) is 5.84 Å². The molecule has 0 bridgehead atoms. The van der Waals surface area contributed by atoms with Crippen molar-refractivity contribution in [3.63, 3.8) is 0 Å². The smallest absolute Gasteiger partial charge is 0.306 e. The van der Waals surface area contributed by atoms with E-state index in [0.29, 0.717) is 30.9 Å². The summed E-state index contributed by atoms with van der Waals surface area (Å²) in [5, 5.41) is 1.60. The fourth-order valence-electron chi connectivity index (χ4n) is 5.00. The molecule has 2 aromatic carbocycles. The Balaban J connectivity index is 1.68. The molecule has 2 heterocycles.